The number of imidazole rings is 1. The molecule has 4 rings (SSSR count). The summed E-state index contributed by atoms with van der Waals surface area (Å²) >= 11 is 0. The van der Waals surface area contributed by atoms with Crippen molar-refractivity contribution in [3.05, 3.63) is 102 Å². The molecule has 3 aromatic carbocycles. The minimum absolute atomic E-state index is 0.0285. The van der Waals surface area contributed by atoms with Gasteiger partial charge in [-0.05, 0) is 29.3 Å². The first kappa shape index (κ1) is 23.5. The van der Waals surface area contributed by atoms with Gasteiger partial charge < -0.3 is 25.1 Å². The number of carbonyl (C=O) groups excluding carboxylic acids is 3. The van der Waals surface area contributed by atoms with Crippen molar-refractivity contribution in [1.29, 1.82) is 0 Å². The van der Waals surface area contributed by atoms with E-state index in [1.807, 2.05) is 60.7 Å². The summed E-state index contributed by atoms with van der Waals surface area (Å²) in [6.07, 6.45) is 0.735. The molecule has 9 nitrogen and oxygen atoms in total. The Kier molecular flexibility index (Phi) is 7.70. The van der Waals surface area contributed by atoms with Crippen LogP contribution in [0, 0.1) is 0 Å². The van der Waals surface area contributed by atoms with Crippen LogP contribution in [-0.2, 0) is 27.5 Å². The maximum atomic E-state index is 12.8. The number of aromatic amines is 1. The first-order chi connectivity index (χ1) is 17.1. The Balaban J connectivity index is 1.38. The summed E-state index contributed by atoms with van der Waals surface area (Å²) in [4.78, 5) is 44.9. The number of benzene rings is 3. The molecular formula is C26H24N4O5. The van der Waals surface area contributed by atoms with Gasteiger partial charge in [-0.1, -0.05) is 60.7 Å². The molecule has 0 spiro atoms. The fraction of sp³-hybridized carbons (Fsp3) is 0.154. The SMILES string of the molecule is O=C(N[C@H](CNC(=O)c1ccc2[nH]cnc2c1)C(=O)OCc1ccccc1)OCc1ccccc1. The Labute approximate surface area is 201 Å². The van der Waals surface area contributed by atoms with E-state index in [4.69, 9.17) is 9.47 Å². The summed E-state index contributed by atoms with van der Waals surface area (Å²) in [5.41, 5.74) is 3.40. The van der Waals surface area contributed by atoms with Crippen LogP contribution in [0.15, 0.2) is 85.2 Å². The van der Waals surface area contributed by atoms with Gasteiger partial charge in [-0.2, -0.15) is 0 Å². The number of amides is 2. The zero-order valence-electron chi connectivity index (χ0n) is 18.8. The zero-order valence-corrected chi connectivity index (χ0v) is 18.8. The number of hydrogen-bond acceptors (Lipinski definition) is 6. The first-order valence-electron chi connectivity index (χ1n) is 11.0. The number of hydrogen-bond donors (Lipinski definition) is 3. The molecule has 0 aliphatic heterocycles. The van der Waals surface area contributed by atoms with E-state index in [0.717, 1.165) is 16.6 Å². The van der Waals surface area contributed by atoms with Crippen molar-refractivity contribution >= 4 is 29.0 Å². The molecule has 0 aliphatic carbocycles. The van der Waals surface area contributed by atoms with Crippen molar-refractivity contribution in [2.24, 2.45) is 0 Å². The standard InChI is InChI=1S/C26H24N4O5/c31-24(20-11-12-21-22(13-20)29-17-28-21)27-14-23(25(32)34-15-18-7-3-1-4-8-18)30-26(33)35-16-19-9-5-2-6-10-19/h1-13,17,23H,14-16H2,(H,27,31)(H,28,29)(H,30,33)/t23-/m1/s1. The number of fused-ring (bicyclic) bond motifs is 1. The first-order valence-corrected chi connectivity index (χ1v) is 11.0. The van der Waals surface area contributed by atoms with E-state index < -0.39 is 24.0 Å². The van der Waals surface area contributed by atoms with Gasteiger partial charge in [-0.3, -0.25) is 4.79 Å². The van der Waals surface area contributed by atoms with Crippen molar-refractivity contribution < 1.29 is 23.9 Å². The summed E-state index contributed by atoms with van der Waals surface area (Å²) in [7, 11) is 0. The summed E-state index contributed by atoms with van der Waals surface area (Å²) < 4.78 is 10.6. The molecule has 0 fully saturated rings. The second-order valence-electron chi connectivity index (χ2n) is 7.70. The van der Waals surface area contributed by atoms with Crippen molar-refractivity contribution in [1.82, 2.24) is 20.6 Å². The Morgan fingerprint density at radius 3 is 2.20 bits per heavy atom. The normalized spacial score (nSPS) is 11.4. The molecule has 0 unspecified atom stereocenters. The molecule has 1 heterocycles. The van der Waals surface area contributed by atoms with Gasteiger partial charge in [0, 0.05) is 12.1 Å². The van der Waals surface area contributed by atoms with Crippen LogP contribution in [0.3, 0.4) is 0 Å². The lowest BCUT2D eigenvalue weighted by Gasteiger charge is -2.18. The van der Waals surface area contributed by atoms with E-state index >= 15 is 0 Å². The molecule has 9 heteroatoms. The van der Waals surface area contributed by atoms with Crippen LogP contribution in [0.1, 0.15) is 21.5 Å². The molecule has 0 radical (unpaired) electrons. The fourth-order valence-electron chi connectivity index (χ4n) is 3.30. The van der Waals surface area contributed by atoms with E-state index in [0.29, 0.717) is 11.1 Å². The van der Waals surface area contributed by atoms with E-state index in [2.05, 4.69) is 20.6 Å². The van der Waals surface area contributed by atoms with Gasteiger partial charge in [-0.25, -0.2) is 14.6 Å². The summed E-state index contributed by atoms with van der Waals surface area (Å²) in [6, 6.07) is 22.1. The van der Waals surface area contributed by atoms with E-state index in [-0.39, 0.29) is 19.8 Å². The molecular weight excluding hydrogens is 448 g/mol. The smallest absolute Gasteiger partial charge is 0.408 e. The third-order valence-corrected chi connectivity index (χ3v) is 5.16. The number of H-pyrrole nitrogens is 1. The molecule has 1 aromatic heterocycles. The van der Waals surface area contributed by atoms with Gasteiger partial charge in [0.15, 0.2) is 0 Å². The predicted molar refractivity (Wildman–Crippen MR) is 128 cm³/mol. The maximum absolute atomic E-state index is 12.8. The second-order valence-corrected chi connectivity index (χ2v) is 7.70. The maximum Gasteiger partial charge on any atom is 0.408 e. The minimum atomic E-state index is -1.15. The van der Waals surface area contributed by atoms with Crippen LogP contribution in [0.2, 0.25) is 0 Å². The lowest BCUT2D eigenvalue weighted by Crippen LogP contribution is -2.49. The fourth-order valence-corrected chi connectivity index (χ4v) is 3.30. The van der Waals surface area contributed by atoms with Crippen LogP contribution >= 0.6 is 0 Å². The molecule has 35 heavy (non-hydrogen) atoms. The molecule has 0 aliphatic rings. The quantitative estimate of drug-likeness (QED) is 0.321. The average Bonchev–Trinajstić information content (AvgIpc) is 3.37. The van der Waals surface area contributed by atoms with Crippen LogP contribution in [-0.4, -0.2) is 40.5 Å². The number of nitrogens with one attached hydrogen (secondary N) is 3. The number of esters is 1. The van der Waals surface area contributed by atoms with Gasteiger partial charge >= 0.3 is 12.1 Å². The number of ether oxygens (including phenoxy) is 2. The van der Waals surface area contributed by atoms with Crippen LogP contribution in [0.5, 0.6) is 0 Å². The number of rotatable bonds is 9. The molecule has 0 bridgehead atoms. The van der Waals surface area contributed by atoms with Crippen molar-refractivity contribution in [2.75, 3.05) is 6.54 Å². The Morgan fingerprint density at radius 2 is 1.51 bits per heavy atom. The van der Waals surface area contributed by atoms with Gasteiger partial charge in [0.2, 0.25) is 0 Å². The monoisotopic (exact) mass is 472 g/mol. The third kappa shape index (κ3) is 6.67. The number of carbonyl (C=O) groups is 3. The second kappa shape index (κ2) is 11.5. The van der Waals surface area contributed by atoms with Gasteiger partial charge in [-0.15, -0.1) is 0 Å². The number of alkyl carbamates (subject to hydrolysis) is 1. The van der Waals surface area contributed by atoms with Crippen molar-refractivity contribution in [2.45, 2.75) is 19.3 Å². The molecule has 178 valence electrons. The van der Waals surface area contributed by atoms with Crippen LogP contribution < -0.4 is 10.6 Å². The largest absolute Gasteiger partial charge is 0.459 e. The molecule has 0 saturated carbocycles. The highest BCUT2D eigenvalue weighted by Gasteiger charge is 2.24. The topological polar surface area (TPSA) is 122 Å². The Hall–Kier alpha value is -4.66. The van der Waals surface area contributed by atoms with Crippen LogP contribution in [0.25, 0.3) is 11.0 Å². The average molecular weight is 473 g/mol. The lowest BCUT2D eigenvalue weighted by atomic mass is 10.2. The van der Waals surface area contributed by atoms with Crippen molar-refractivity contribution in [3.8, 4) is 0 Å². The third-order valence-electron chi connectivity index (χ3n) is 5.16. The van der Waals surface area contributed by atoms with Crippen LogP contribution in [0.4, 0.5) is 4.79 Å². The molecule has 4 aromatic rings. The minimum Gasteiger partial charge on any atom is -0.459 e. The number of aromatic nitrogens is 2. The highest BCUT2D eigenvalue weighted by Crippen LogP contribution is 2.11. The summed E-state index contributed by atoms with van der Waals surface area (Å²) in [5.74, 6) is -1.12. The van der Waals surface area contributed by atoms with E-state index in [1.165, 1.54) is 6.33 Å². The van der Waals surface area contributed by atoms with E-state index in [1.54, 1.807) is 18.2 Å². The highest BCUT2D eigenvalue weighted by atomic mass is 16.6. The molecule has 1 atom stereocenters. The highest BCUT2D eigenvalue weighted by molar-refractivity contribution is 5.97. The molecule has 2 amide bonds. The Bertz CT molecular complexity index is 1290. The summed E-state index contributed by atoms with van der Waals surface area (Å²) in [6.45, 7) is -0.124. The predicted octanol–water partition coefficient (Wildman–Crippen LogP) is 3.33. The van der Waals surface area contributed by atoms with E-state index in [9.17, 15) is 14.4 Å². The summed E-state index contributed by atoms with van der Waals surface area (Å²) in [5, 5.41) is 5.15. The Morgan fingerprint density at radius 1 is 0.857 bits per heavy atom. The van der Waals surface area contributed by atoms with Crippen molar-refractivity contribution in [3.63, 3.8) is 0 Å². The molecule has 0 saturated heterocycles. The molecule has 3 N–H and O–H groups in total. The van der Waals surface area contributed by atoms with Gasteiger partial charge in [0.25, 0.3) is 5.91 Å². The number of nitrogens with zero attached hydrogens (tertiary/aromatic N) is 1. The van der Waals surface area contributed by atoms with Gasteiger partial charge in [0.1, 0.15) is 19.3 Å². The lowest BCUT2D eigenvalue weighted by molar-refractivity contribution is -0.147. The van der Waals surface area contributed by atoms with Gasteiger partial charge in [0.05, 0.1) is 17.4 Å². The zero-order chi connectivity index (χ0) is 24.5.